The Morgan fingerprint density at radius 2 is 1.26 bits per heavy atom. The number of amides is 4. The van der Waals surface area contributed by atoms with E-state index in [2.05, 4.69) is 21.3 Å². The Kier molecular flexibility index (Phi) is 21.3. The van der Waals surface area contributed by atoms with Crippen LogP contribution in [0.4, 0.5) is 0 Å². The fourth-order valence-corrected chi connectivity index (χ4v) is 4.43. The Morgan fingerprint density at radius 3 is 1.82 bits per heavy atom. The van der Waals surface area contributed by atoms with E-state index in [-0.39, 0.29) is 37.5 Å². The zero-order valence-corrected chi connectivity index (χ0v) is 29.0. The molecule has 0 spiro atoms. The topological polar surface area (TPSA) is 325 Å². The molecule has 0 saturated heterocycles. The first-order valence-electron chi connectivity index (χ1n) is 17.0. The molecule has 0 aromatic rings. The summed E-state index contributed by atoms with van der Waals surface area (Å²) in [5.41, 5.74) is -0.363. The number of nitrogens with one attached hydrogen (secondary N) is 4. The first kappa shape index (κ1) is 45.2. The monoisotopic (exact) mass is 727 g/mol. The first-order chi connectivity index (χ1) is 23.7. The molecule has 2 unspecified atom stereocenters. The Labute approximate surface area is 292 Å². The summed E-state index contributed by atoms with van der Waals surface area (Å²) in [4.78, 5) is 63.7. The van der Waals surface area contributed by atoms with E-state index in [9.17, 15) is 64.8 Å². The maximum absolute atomic E-state index is 13.2. The molecule has 10 atom stereocenters. The number of ether oxygens (including phenoxy) is 1. The minimum atomic E-state index is -2.02. The van der Waals surface area contributed by atoms with Crippen molar-refractivity contribution >= 4 is 29.4 Å². The van der Waals surface area contributed by atoms with Crippen molar-refractivity contribution < 1.29 is 76.0 Å². The highest BCUT2D eigenvalue weighted by Crippen LogP contribution is 2.17. The number of ketones is 1. The minimum Gasteiger partial charge on any atom is -0.394 e. The Morgan fingerprint density at radius 1 is 0.700 bits per heavy atom. The summed E-state index contributed by atoms with van der Waals surface area (Å²) in [7, 11) is -0.605. The van der Waals surface area contributed by atoms with Crippen LogP contribution in [-0.4, -0.2) is 170 Å². The zero-order valence-electron chi connectivity index (χ0n) is 30.0. The van der Waals surface area contributed by atoms with Crippen molar-refractivity contribution in [2.24, 2.45) is 5.41 Å². The standard InChI is InChI=1S/C31H58N4O15/c1-6-19(38)25(44)26(45)20(39)10-8-16(37)7-9-17(29(48)33-12-21(40)27(46)28(47)22(41)14-36)35-30(49)18(15-50-5)34-24(43)13-32-23(42)11-31(2,3)4/h17-22,25-28,36,38-41,44-47H,6-15H2,1-5H3,(H,32,42)(H,33,48)(H,34,43)(H,35,49)/t17?,18?,19-,20+,21+,22-,25+,26-,27-,28+/m1/s1/i5D. The second kappa shape index (κ2) is 23.6. The number of aliphatic hydroxyl groups excluding tert-OH is 9. The molecule has 13 N–H and O–H groups in total. The molecule has 0 saturated carbocycles. The molecule has 0 aromatic heterocycles. The number of hydrogen-bond donors (Lipinski definition) is 13. The summed E-state index contributed by atoms with van der Waals surface area (Å²) in [6, 6.07) is -3.03. The maximum Gasteiger partial charge on any atom is 0.245 e. The van der Waals surface area contributed by atoms with Gasteiger partial charge in [0.15, 0.2) is 0 Å². The van der Waals surface area contributed by atoms with Gasteiger partial charge in [0.2, 0.25) is 23.6 Å². The number of carbonyl (C=O) groups is 5. The van der Waals surface area contributed by atoms with Crippen LogP contribution >= 0.6 is 0 Å². The van der Waals surface area contributed by atoms with Gasteiger partial charge in [-0.3, -0.25) is 24.0 Å². The average Bonchev–Trinajstić information content (AvgIpc) is 3.08. The van der Waals surface area contributed by atoms with Crippen LogP contribution in [0, 0.1) is 5.41 Å². The van der Waals surface area contributed by atoms with E-state index in [1.54, 1.807) is 6.92 Å². The van der Waals surface area contributed by atoms with Crippen molar-refractivity contribution in [3.8, 4) is 0 Å². The molecule has 50 heavy (non-hydrogen) atoms. The lowest BCUT2D eigenvalue weighted by atomic mass is 9.92. The van der Waals surface area contributed by atoms with Crippen LogP contribution in [0.3, 0.4) is 0 Å². The van der Waals surface area contributed by atoms with Gasteiger partial charge in [-0.1, -0.05) is 27.7 Å². The second-order valence-electron chi connectivity index (χ2n) is 13.2. The van der Waals surface area contributed by atoms with Gasteiger partial charge >= 0.3 is 0 Å². The van der Waals surface area contributed by atoms with Gasteiger partial charge in [0.25, 0.3) is 0 Å². The van der Waals surface area contributed by atoms with Crippen molar-refractivity contribution in [2.75, 3.05) is 33.4 Å². The molecule has 0 bridgehead atoms. The Bertz CT molecular complexity index is 1080. The van der Waals surface area contributed by atoms with Gasteiger partial charge in [0.1, 0.15) is 48.4 Å². The summed E-state index contributed by atoms with van der Waals surface area (Å²) in [6.07, 6.45) is -15.3. The van der Waals surface area contributed by atoms with E-state index in [1.165, 1.54) is 0 Å². The van der Waals surface area contributed by atoms with Crippen LogP contribution in [0.5, 0.6) is 0 Å². The molecule has 4 amide bonds. The van der Waals surface area contributed by atoms with Crippen molar-refractivity contribution in [3.63, 3.8) is 0 Å². The normalized spacial score (nSPS) is 18.1. The van der Waals surface area contributed by atoms with Gasteiger partial charge in [0, 0.05) is 32.9 Å². The summed E-state index contributed by atoms with van der Waals surface area (Å²) in [5, 5.41) is 97.8. The maximum atomic E-state index is 13.2. The van der Waals surface area contributed by atoms with Crippen LogP contribution in [0.1, 0.15) is 67.6 Å². The van der Waals surface area contributed by atoms with Gasteiger partial charge in [-0.2, -0.15) is 0 Å². The van der Waals surface area contributed by atoms with Crippen LogP contribution in [0.15, 0.2) is 0 Å². The molecule has 0 fully saturated rings. The Hall–Kier alpha value is -2.85. The molecule has 292 valence electrons. The third kappa shape index (κ3) is 18.4. The number of aliphatic hydroxyl groups is 9. The highest BCUT2D eigenvalue weighted by Gasteiger charge is 2.33. The minimum absolute atomic E-state index is 0.0913. The molecular formula is C31H58N4O15. The quantitative estimate of drug-likeness (QED) is 0.0418. The van der Waals surface area contributed by atoms with Crippen molar-refractivity contribution in [2.45, 2.75) is 127 Å². The Balaban J connectivity index is 5.75. The van der Waals surface area contributed by atoms with Gasteiger partial charge in [0.05, 0.1) is 39.4 Å². The summed E-state index contributed by atoms with van der Waals surface area (Å²) < 4.78 is 12.2. The highest BCUT2D eigenvalue weighted by molar-refractivity contribution is 5.93. The smallest absolute Gasteiger partial charge is 0.245 e. The number of Topliss-reactive ketones (excluding diaryl/α,β-unsaturated/α-hetero) is 1. The third-order valence-electron chi connectivity index (χ3n) is 7.50. The van der Waals surface area contributed by atoms with E-state index in [4.69, 9.17) is 11.2 Å². The number of carbonyl (C=O) groups excluding carboxylic acids is 5. The van der Waals surface area contributed by atoms with Crippen molar-refractivity contribution in [3.05, 3.63) is 0 Å². The first-order valence-corrected chi connectivity index (χ1v) is 16.3. The second-order valence-corrected chi connectivity index (χ2v) is 13.2. The largest absolute Gasteiger partial charge is 0.394 e. The molecule has 0 aliphatic carbocycles. The van der Waals surface area contributed by atoms with E-state index >= 15 is 0 Å². The summed E-state index contributed by atoms with van der Waals surface area (Å²) >= 11 is 0. The van der Waals surface area contributed by atoms with Crippen LogP contribution in [0.25, 0.3) is 0 Å². The lowest BCUT2D eigenvalue weighted by Gasteiger charge is -2.27. The third-order valence-corrected chi connectivity index (χ3v) is 7.50. The van der Waals surface area contributed by atoms with E-state index in [0.717, 1.165) is 0 Å². The molecule has 0 rings (SSSR count). The number of methoxy groups -OCH3 is 1. The fourth-order valence-electron chi connectivity index (χ4n) is 4.43. The van der Waals surface area contributed by atoms with Crippen molar-refractivity contribution in [1.82, 2.24) is 21.3 Å². The molecule has 0 aliphatic heterocycles. The predicted octanol–water partition coefficient (Wildman–Crippen LogP) is -5.31. The average molecular weight is 728 g/mol. The van der Waals surface area contributed by atoms with E-state index in [1.807, 2.05) is 20.8 Å². The lowest BCUT2D eigenvalue weighted by molar-refractivity contribution is -0.134. The van der Waals surface area contributed by atoms with Gasteiger partial charge < -0.3 is 72.0 Å². The SMILES string of the molecule is [2H]COCC(NC(=O)CNC(=O)CC(C)(C)C)C(=O)NC(CCC(=O)CC[C@H](O)[C@@H](O)[C@@H](O)[C@H](O)CC)C(=O)NC[C@H](O)[C@@H](O)[C@@H](O)[C@H](O)CO. The highest BCUT2D eigenvalue weighted by atomic mass is 16.5. The molecule has 0 aliphatic rings. The fraction of sp³-hybridized carbons (Fsp3) is 0.839. The molecule has 0 radical (unpaired) electrons. The van der Waals surface area contributed by atoms with Crippen LogP contribution in [-0.2, 0) is 28.7 Å². The van der Waals surface area contributed by atoms with E-state index in [0.29, 0.717) is 0 Å². The lowest BCUT2D eigenvalue weighted by Crippen LogP contribution is -2.57. The molecule has 19 nitrogen and oxygen atoms in total. The van der Waals surface area contributed by atoms with Crippen LogP contribution in [0.2, 0.25) is 0 Å². The summed E-state index contributed by atoms with van der Waals surface area (Å²) in [5.74, 6) is -3.80. The number of rotatable bonds is 25. The number of hydrogen-bond acceptors (Lipinski definition) is 15. The molecule has 19 heteroatoms. The van der Waals surface area contributed by atoms with Gasteiger partial charge in [-0.25, -0.2) is 0 Å². The van der Waals surface area contributed by atoms with Gasteiger partial charge in [-0.15, -0.1) is 0 Å². The van der Waals surface area contributed by atoms with Crippen molar-refractivity contribution in [1.29, 1.82) is 0 Å². The van der Waals surface area contributed by atoms with Crippen LogP contribution < -0.4 is 21.3 Å². The molecule has 0 heterocycles. The van der Waals surface area contributed by atoms with Gasteiger partial charge in [-0.05, 0) is 24.7 Å². The molecule has 0 aromatic carbocycles. The predicted molar refractivity (Wildman–Crippen MR) is 175 cm³/mol. The summed E-state index contributed by atoms with van der Waals surface area (Å²) in [6.45, 7) is 4.28. The molecular weight excluding hydrogens is 668 g/mol. The zero-order chi connectivity index (χ0) is 39.5. The van der Waals surface area contributed by atoms with E-state index < -0.39 is 130 Å².